The number of amides is 1. The van der Waals surface area contributed by atoms with E-state index >= 15 is 0 Å². The van der Waals surface area contributed by atoms with Crippen LogP contribution in [0, 0.1) is 0 Å². The summed E-state index contributed by atoms with van der Waals surface area (Å²) < 4.78 is 5.25. The molecule has 6 heteroatoms. The highest BCUT2D eigenvalue weighted by molar-refractivity contribution is 7.09. The molecule has 0 spiro atoms. The van der Waals surface area contributed by atoms with E-state index in [-0.39, 0.29) is 24.9 Å². The molecule has 0 aliphatic rings. The number of nitrogens with one attached hydrogen (secondary N) is 1. The highest BCUT2D eigenvalue weighted by Gasteiger charge is 2.08. The molecule has 2 aromatic rings. The molecular formula is C17H20N2O3S. The second-order valence-electron chi connectivity index (χ2n) is 5.20. The van der Waals surface area contributed by atoms with Crippen molar-refractivity contribution in [2.75, 3.05) is 5.32 Å². The van der Waals surface area contributed by atoms with Gasteiger partial charge in [-0.25, -0.2) is 4.98 Å². The average molecular weight is 332 g/mol. The van der Waals surface area contributed by atoms with Crippen LogP contribution in [0.4, 0.5) is 5.69 Å². The van der Waals surface area contributed by atoms with Gasteiger partial charge in [-0.3, -0.25) is 9.59 Å². The van der Waals surface area contributed by atoms with Gasteiger partial charge in [0.2, 0.25) is 5.91 Å². The Morgan fingerprint density at radius 1 is 1.26 bits per heavy atom. The third kappa shape index (κ3) is 5.83. The Bertz CT molecular complexity index is 665. The number of hydrogen-bond donors (Lipinski definition) is 1. The molecule has 0 bridgehead atoms. The second kappa shape index (κ2) is 8.43. The number of carbonyl (C=O) groups is 2. The molecule has 0 fully saturated rings. The van der Waals surface area contributed by atoms with Crippen molar-refractivity contribution in [2.45, 2.75) is 39.7 Å². The van der Waals surface area contributed by atoms with E-state index in [0.717, 1.165) is 29.1 Å². The fourth-order valence-corrected chi connectivity index (χ4v) is 2.91. The van der Waals surface area contributed by atoms with Crippen molar-refractivity contribution in [3.05, 3.63) is 45.9 Å². The number of anilines is 1. The number of benzene rings is 1. The molecule has 1 N–H and O–H groups in total. The van der Waals surface area contributed by atoms with Gasteiger partial charge < -0.3 is 10.1 Å². The molecule has 0 radical (unpaired) electrons. The molecule has 23 heavy (non-hydrogen) atoms. The number of rotatable bonds is 7. The van der Waals surface area contributed by atoms with Crippen molar-refractivity contribution in [2.24, 2.45) is 0 Å². The van der Waals surface area contributed by atoms with E-state index in [1.807, 2.05) is 5.38 Å². The SMILES string of the molecule is CCCc1nc(COC(=O)Cc2ccc(NC(C)=O)cc2)cs1. The van der Waals surface area contributed by atoms with Crippen molar-refractivity contribution in [1.82, 2.24) is 4.98 Å². The first-order valence-corrected chi connectivity index (χ1v) is 8.40. The van der Waals surface area contributed by atoms with Gasteiger partial charge in [0.05, 0.1) is 17.1 Å². The summed E-state index contributed by atoms with van der Waals surface area (Å²) in [6.45, 7) is 3.77. The van der Waals surface area contributed by atoms with Gasteiger partial charge in [0.15, 0.2) is 0 Å². The number of ether oxygens (including phenoxy) is 1. The number of nitrogens with zero attached hydrogens (tertiary/aromatic N) is 1. The van der Waals surface area contributed by atoms with Crippen LogP contribution >= 0.6 is 11.3 Å². The molecule has 0 unspecified atom stereocenters. The molecule has 122 valence electrons. The lowest BCUT2D eigenvalue weighted by molar-refractivity contribution is -0.144. The highest BCUT2D eigenvalue weighted by Crippen LogP contribution is 2.14. The first-order valence-electron chi connectivity index (χ1n) is 7.52. The molecule has 0 atom stereocenters. The first-order chi connectivity index (χ1) is 11.1. The Kier molecular flexibility index (Phi) is 6.29. The molecule has 2 rings (SSSR count). The lowest BCUT2D eigenvalue weighted by Gasteiger charge is -2.05. The van der Waals surface area contributed by atoms with Gasteiger partial charge in [-0.15, -0.1) is 11.3 Å². The van der Waals surface area contributed by atoms with Crippen molar-refractivity contribution < 1.29 is 14.3 Å². The van der Waals surface area contributed by atoms with Crippen LogP contribution in [0.5, 0.6) is 0 Å². The monoisotopic (exact) mass is 332 g/mol. The van der Waals surface area contributed by atoms with Crippen LogP contribution in [0.2, 0.25) is 0 Å². The molecule has 1 aromatic carbocycles. The van der Waals surface area contributed by atoms with Crippen molar-refractivity contribution in [3.8, 4) is 0 Å². The minimum Gasteiger partial charge on any atom is -0.459 e. The number of aryl methyl sites for hydroxylation is 1. The summed E-state index contributed by atoms with van der Waals surface area (Å²) in [4.78, 5) is 27.2. The van der Waals surface area contributed by atoms with E-state index in [9.17, 15) is 9.59 Å². The number of carbonyl (C=O) groups excluding carboxylic acids is 2. The summed E-state index contributed by atoms with van der Waals surface area (Å²) in [6.07, 6.45) is 2.22. The molecule has 0 saturated heterocycles. The van der Waals surface area contributed by atoms with E-state index in [4.69, 9.17) is 4.74 Å². The van der Waals surface area contributed by atoms with Crippen LogP contribution in [0.25, 0.3) is 0 Å². The molecule has 1 amide bonds. The van der Waals surface area contributed by atoms with Gasteiger partial charge in [-0.1, -0.05) is 19.1 Å². The molecule has 0 saturated carbocycles. The van der Waals surface area contributed by atoms with Gasteiger partial charge in [0, 0.05) is 18.0 Å². The van der Waals surface area contributed by atoms with Crippen LogP contribution in [-0.4, -0.2) is 16.9 Å². The zero-order chi connectivity index (χ0) is 16.7. The number of aromatic nitrogens is 1. The number of thiazole rings is 1. The Labute approximate surface area is 139 Å². The summed E-state index contributed by atoms with van der Waals surface area (Å²) in [5, 5.41) is 5.69. The lowest BCUT2D eigenvalue weighted by atomic mass is 10.1. The number of hydrogen-bond acceptors (Lipinski definition) is 5. The maximum absolute atomic E-state index is 11.9. The predicted octanol–water partition coefficient (Wildman–Crippen LogP) is 3.34. The van der Waals surface area contributed by atoms with Crippen LogP contribution in [0.1, 0.15) is 36.5 Å². The third-order valence-corrected chi connectivity index (χ3v) is 4.02. The molecule has 1 heterocycles. The predicted molar refractivity (Wildman–Crippen MR) is 90.4 cm³/mol. The fourth-order valence-electron chi connectivity index (χ4n) is 2.03. The standard InChI is InChI=1S/C17H20N2O3S/c1-3-4-16-19-15(11-23-16)10-22-17(21)9-13-5-7-14(8-6-13)18-12(2)20/h5-8,11H,3-4,9-10H2,1-2H3,(H,18,20). The summed E-state index contributed by atoms with van der Waals surface area (Å²) in [6, 6.07) is 7.13. The zero-order valence-corrected chi connectivity index (χ0v) is 14.1. The van der Waals surface area contributed by atoms with Gasteiger partial charge in [-0.2, -0.15) is 0 Å². The van der Waals surface area contributed by atoms with Crippen LogP contribution < -0.4 is 5.32 Å². The van der Waals surface area contributed by atoms with E-state index in [0.29, 0.717) is 5.69 Å². The summed E-state index contributed by atoms with van der Waals surface area (Å²) in [7, 11) is 0. The van der Waals surface area contributed by atoms with Crippen LogP contribution in [-0.2, 0) is 33.8 Å². The average Bonchev–Trinajstić information content (AvgIpc) is 2.95. The maximum atomic E-state index is 11.9. The zero-order valence-electron chi connectivity index (χ0n) is 13.3. The smallest absolute Gasteiger partial charge is 0.310 e. The van der Waals surface area contributed by atoms with Gasteiger partial charge in [0.25, 0.3) is 0 Å². The van der Waals surface area contributed by atoms with Crippen molar-refractivity contribution in [3.63, 3.8) is 0 Å². The molecule has 5 nitrogen and oxygen atoms in total. The topological polar surface area (TPSA) is 68.3 Å². The summed E-state index contributed by atoms with van der Waals surface area (Å²) >= 11 is 1.60. The van der Waals surface area contributed by atoms with E-state index in [1.165, 1.54) is 6.92 Å². The normalized spacial score (nSPS) is 10.3. The molecule has 0 aliphatic carbocycles. The first kappa shape index (κ1) is 17.1. The Morgan fingerprint density at radius 2 is 2.00 bits per heavy atom. The molecule has 1 aromatic heterocycles. The van der Waals surface area contributed by atoms with Gasteiger partial charge in [-0.05, 0) is 30.5 Å². The van der Waals surface area contributed by atoms with Gasteiger partial charge in [0.1, 0.15) is 6.61 Å². The third-order valence-electron chi connectivity index (χ3n) is 3.07. The Morgan fingerprint density at radius 3 is 2.65 bits per heavy atom. The Hall–Kier alpha value is -2.21. The fraction of sp³-hybridized carbons (Fsp3) is 0.353. The van der Waals surface area contributed by atoms with Crippen LogP contribution in [0.3, 0.4) is 0 Å². The van der Waals surface area contributed by atoms with E-state index in [1.54, 1.807) is 35.6 Å². The molecule has 0 aliphatic heterocycles. The lowest BCUT2D eigenvalue weighted by Crippen LogP contribution is -2.09. The largest absolute Gasteiger partial charge is 0.459 e. The summed E-state index contributed by atoms with van der Waals surface area (Å²) in [5.41, 5.74) is 2.35. The van der Waals surface area contributed by atoms with Crippen LogP contribution in [0.15, 0.2) is 29.6 Å². The van der Waals surface area contributed by atoms with Gasteiger partial charge >= 0.3 is 5.97 Å². The van der Waals surface area contributed by atoms with Crippen molar-refractivity contribution >= 4 is 28.9 Å². The minimum atomic E-state index is -0.290. The molecular weight excluding hydrogens is 312 g/mol. The highest BCUT2D eigenvalue weighted by atomic mass is 32.1. The quantitative estimate of drug-likeness (QED) is 0.790. The number of esters is 1. The maximum Gasteiger partial charge on any atom is 0.310 e. The Balaban J connectivity index is 1.80. The van der Waals surface area contributed by atoms with E-state index in [2.05, 4.69) is 17.2 Å². The van der Waals surface area contributed by atoms with E-state index < -0.39 is 0 Å². The minimum absolute atomic E-state index is 0.122. The van der Waals surface area contributed by atoms with Crippen molar-refractivity contribution in [1.29, 1.82) is 0 Å². The summed E-state index contributed by atoms with van der Waals surface area (Å²) in [5.74, 6) is -0.412. The second-order valence-corrected chi connectivity index (χ2v) is 6.14.